The summed E-state index contributed by atoms with van der Waals surface area (Å²) in [4.78, 5) is 0. The Balaban J connectivity index is 3.26. The molecule has 0 fully saturated rings. The van der Waals surface area contributed by atoms with Gasteiger partial charge in [0.05, 0.1) is 27.2 Å². The molecule has 0 N–H and O–H groups in total. The monoisotopic (exact) mass is 453 g/mol. The van der Waals surface area contributed by atoms with Crippen LogP contribution in [0.3, 0.4) is 0 Å². The lowest BCUT2D eigenvalue weighted by molar-refractivity contribution is -0.890. The molecule has 0 radical (unpaired) electrons. The van der Waals surface area contributed by atoms with Crippen LogP contribution < -0.4 is 0 Å². The van der Waals surface area contributed by atoms with E-state index >= 15 is 0 Å². The minimum atomic E-state index is 1.25. The molecule has 0 spiro atoms. The Labute approximate surface area is 206 Å². The van der Waals surface area contributed by atoms with Crippen molar-refractivity contribution in [2.45, 2.75) is 174 Å². The Hall–Kier alpha value is -0.0400. The van der Waals surface area contributed by atoms with Crippen LogP contribution in [0, 0.1) is 0 Å². The quantitative estimate of drug-likeness (QED) is 0.0858. The van der Waals surface area contributed by atoms with Crippen LogP contribution in [0.5, 0.6) is 0 Å². The van der Waals surface area contributed by atoms with E-state index < -0.39 is 0 Å². The standard InChI is InChI=1S/C31H66N/c1-5-7-9-11-13-15-16-17-18-19-20-21-23-25-27-29-31-32(3,4)30-28-26-24-22-14-12-10-8-6-2/h5-31H2,1-4H3/q+1. The van der Waals surface area contributed by atoms with E-state index in [1.54, 1.807) is 0 Å². The second-order valence-electron chi connectivity index (χ2n) is 11.5. The summed E-state index contributed by atoms with van der Waals surface area (Å²) >= 11 is 0. The van der Waals surface area contributed by atoms with Crippen LogP contribution in [0.2, 0.25) is 0 Å². The first kappa shape index (κ1) is 32.0. The fraction of sp³-hybridized carbons (Fsp3) is 1.00. The summed E-state index contributed by atoms with van der Waals surface area (Å²) in [5, 5.41) is 0. The van der Waals surface area contributed by atoms with Crippen molar-refractivity contribution < 1.29 is 4.48 Å². The second-order valence-corrected chi connectivity index (χ2v) is 11.5. The first-order chi connectivity index (χ1) is 15.6. The average Bonchev–Trinajstić information content (AvgIpc) is 2.77. The maximum absolute atomic E-state index is 2.45. The molecular formula is C31H66N+. The number of hydrogen-bond acceptors (Lipinski definition) is 0. The molecule has 0 aromatic rings. The van der Waals surface area contributed by atoms with Crippen molar-refractivity contribution in [2.75, 3.05) is 27.2 Å². The van der Waals surface area contributed by atoms with E-state index in [0.717, 1.165) is 0 Å². The van der Waals surface area contributed by atoms with Crippen LogP contribution in [0.15, 0.2) is 0 Å². The largest absolute Gasteiger partial charge is 0.328 e. The molecule has 0 rings (SSSR count). The highest BCUT2D eigenvalue weighted by molar-refractivity contribution is 4.51. The van der Waals surface area contributed by atoms with Crippen LogP contribution in [-0.4, -0.2) is 31.7 Å². The number of unbranched alkanes of at least 4 members (excludes halogenated alkanes) is 23. The van der Waals surface area contributed by atoms with Gasteiger partial charge >= 0.3 is 0 Å². The van der Waals surface area contributed by atoms with Gasteiger partial charge in [0.15, 0.2) is 0 Å². The summed E-state index contributed by atoms with van der Waals surface area (Å²) in [5.41, 5.74) is 0. The summed E-state index contributed by atoms with van der Waals surface area (Å²) in [6.07, 6.45) is 36.5. The molecule has 0 aliphatic rings. The van der Waals surface area contributed by atoms with Gasteiger partial charge in [-0.15, -0.1) is 0 Å². The molecule has 0 unspecified atom stereocenters. The van der Waals surface area contributed by atoms with Gasteiger partial charge in [-0.1, -0.05) is 149 Å². The van der Waals surface area contributed by atoms with Gasteiger partial charge in [0.2, 0.25) is 0 Å². The molecule has 194 valence electrons. The van der Waals surface area contributed by atoms with Crippen molar-refractivity contribution >= 4 is 0 Å². The first-order valence-corrected chi connectivity index (χ1v) is 15.4. The zero-order chi connectivity index (χ0) is 23.6. The van der Waals surface area contributed by atoms with Crippen LogP contribution >= 0.6 is 0 Å². The molecule has 0 aliphatic carbocycles. The van der Waals surface area contributed by atoms with E-state index in [-0.39, 0.29) is 0 Å². The molecule has 0 atom stereocenters. The van der Waals surface area contributed by atoms with Gasteiger partial charge in [0, 0.05) is 0 Å². The van der Waals surface area contributed by atoms with E-state index in [1.165, 1.54) is 178 Å². The van der Waals surface area contributed by atoms with Crippen molar-refractivity contribution in [1.29, 1.82) is 0 Å². The zero-order valence-corrected chi connectivity index (χ0v) is 23.5. The zero-order valence-electron chi connectivity index (χ0n) is 23.5. The van der Waals surface area contributed by atoms with Crippen molar-refractivity contribution in [2.24, 2.45) is 0 Å². The third-order valence-electron chi connectivity index (χ3n) is 7.48. The SMILES string of the molecule is CCCCCCCCCCCCCCCCCC[N+](C)(C)CCCCCCCCCCC. The van der Waals surface area contributed by atoms with Crippen molar-refractivity contribution in [3.05, 3.63) is 0 Å². The molecule has 1 heteroatoms. The molecule has 32 heavy (non-hydrogen) atoms. The Bertz CT molecular complexity index is 335. The number of quaternary nitrogens is 1. The molecule has 0 aliphatic heterocycles. The molecule has 0 bridgehead atoms. The Morgan fingerprint density at radius 3 is 0.688 bits per heavy atom. The normalized spacial score (nSPS) is 12.0. The Morgan fingerprint density at radius 2 is 0.469 bits per heavy atom. The number of hydrogen-bond donors (Lipinski definition) is 0. The maximum Gasteiger partial charge on any atom is 0.0782 e. The molecule has 1 nitrogen and oxygen atoms in total. The van der Waals surface area contributed by atoms with Crippen molar-refractivity contribution in [3.8, 4) is 0 Å². The summed E-state index contributed by atoms with van der Waals surface area (Å²) < 4.78 is 1.25. The molecule has 0 aromatic heterocycles. The molecule has 0 aromatic carbocycles. The summed E-state index contributed by atoms with van der Waals surface area (Å²) in [6.45, 7) is 7.38. The van der Waals surface area contributed by atoms with Gasteiger partial charge in [-0.05, 0) is 25.7 Å². The van der Waals surface area contributed by atoms with E-state index in [9.17, 15) is 0 Å². The van der Waals surface area contributed by atoms with Gasteiger partial charge in [0.25, 0.3) is 0 Å². The van der Waals surface area contributed by atoms with E-state index in [0.29, 0.717) is 0 Å². The van der Waals surface area contributed by atoms with E-state index in [1.807, 2.05) is 0 Å². The maximum atomic E-state index is 2.45. The highest BCUT2D eigenvalue weighted by Gasteiger charge is 2.13. The van der Waals surface area contributed by atoms with Gasteiger partial charge < -0.3 is 4.48 Å². The fourth-order valence-corrected chi connectivity index (χ4v) is 5.05. The van der Waals surface area contributed by atoms with Gasteiger partial charge in [-0.25, -0.2) is 0 Å². The molecular weight excluding hydrogens is 386 g/mol. The third-order valence-corrected chi connectivity index (χ3v) is 7.48. The smallest absolute Gasteiger partial charge is 0.0782 e. The average molecular weight is 453 g/mol. The molecule has 0 amide bonds. The minimum Gasteiger partial charge on any atom is -0.328 e. The van der Waals surface area contributed by atoms with Crippen LogP contribution in [0.25, 0.3) is 0 Å². The predicted octanol–water partition coefficient (Wildman–Crippen LogP) is 10.9. The van der Waals surface area contributed by atoms with Gasteiger partial charge in [-0.2, -0.15) is 0 Å². The van der Waals surface area contributed by atoms with Crippen LogP contribution in [-0.2, 0) is 0 Å². The summed E-state index contributed by atoms with van der Waals surface area (Å²) in [7, 11) is 4.91. The lowest BCUT2D eigenvalue weighted by atomic mass is 10.0. The van der Waals surface area contributed by atoms with Crippen LogP contribution in [0.4, 0.5) is 0 Å². The van der Waals surface area contributed by atoms with E-state index in [2.05, 4.69) is 27.9 Å². The topological polar surface area (TPSA) is 0 Å². The minimum absolute atomic E-state index is 1.25. The Morgan fingerprint density at radius 1 is 0.281 bits per heavy atom. The number of rotatable bonds is 27. The first-order valence-electron chi connectivity index (χ1n) is 15.4. The molecule has 0 saturated heterocycles. The third kappa shape index (κ3) is 26.2. The van der Waals surface area contributed by atoms with Gasteiger partial charge in [0.1, 0.15) is 0 Å². The highest BCUT2D eigenvalue weighted by atomic mass is 15.3. The second kappa shape index (κ2) is 25.6. The Kier molecular flexibility index (Phi) is 25.5. The highest BCUT2D eigenvalue weighted by Crippen LogP contribution is 2.15. The fourth-order valence-electron chi connectivity index (χ4n) is 5.05. The number of nitrogens with zero attached hydrogens (tertiary/aromatic N) is 1. The summed E-state index contributed by atoms with van der Waals surface area (Å²) in [6, 6.07) is 0. The molecule has 0 heterocycles. The predicted molar refractivity (Wildman–Crippen MR) is 149 cm³/mol. The van der Waals surface area contributed by atoms with Crippen molar-refractivity contribution in [1.82, 2.24) is 0 Å². The van der Waals surface area contributed by atoms with Crippen molar-refractivity contribution in [3.63, 3.8) is 0 Å². The lowest BCUT2D eigenvalue weighted by Crippen LogP contribution is -2.41. The van der Waals surface area contributed by atoms with E-state index in [4.69, 9.17) is 0 Å². The lowest BCUT2D eigenvalue weighted by Gasteiger charge is -2.30. The summed E-state index contributed by atoms with van der Waals surface area (Å²) in [5.74, 6) is 0. The molecule has 0 saturated carbocycles. The van der Waals surface area contributed by atoms with Crippen LogP contribution in [0.1, 0.15) is 174 Å². The van der Waals surface area contributed by atoms with Gasteiger partial charge in [-0.3, -0.25) is 0 Å².